The molecule has 0 spiro atoms. The third kappa shape index (κ3) is 3.47. The summed E-state index contributed by atoms with van der Waals surface area (Å²) in [4.78, 5) is 7.32. The van der Waals surface area contributed by atoms with Gasteiger partial charge in [0.1, 0.15) is 11.9 Å². The summed E-state index contributed by atoms with van der Waals surface area (Å²) in [7, 11) is -3.69. The second-order valence-corrected chi connectivity index (χ2v) is 9.45. The zero-order valence-electron chi connectivity index (χ0n) is 14.1. The SMILES string of the molecule is O=S(=O)(c1ccc2c(c1)CCO2)N1CC[C@@H](CSc2ncc[nH]2)[C@H](F)C1. The maximum atomic E-state index is 14.6. The Hall–Kier alpha value is -1.58. The van der Waals surface area contributed by atoms with E-state index < -0.39 is 16.2 Å². The average molecular weight is 397 g/mol. The Morgan fingerprint density at radius 2 is 2.31 bits per heavy atom. The Balaban J connectivity index is 1.42. The molecule has 0 bridgehead atoms. The van der Waals surface area contributed by atoms with E-state index in [1.54, 1.807) is 30.6 Å². The fourth-order valence-electron chi connectivity index (χ4n) is 3.32. The topological polar surface area (TPSA) is 75.3 Å². The number of hydrogen-bond acceptors (Lipinski definition) is 5. The van der Waals surface area contributed by atoms with Gasteiger partial charge in [-0.2, -0.15) is 4.31 Å². The molecule has 3 heterocycles. The standard InChI is InChI=1S/C17H20FN3O3S2/c18-15-10-21(7-3-13(15)11-25-17-19-5-6-20-17)26(22,23)14-1-2-16-12(9-14)4-8-24-16/h1-2,5-6,9,13,15H,3-4,7-8,10-11H2,(H,19,20)/t13-,15+/m0/s1. The molecule has 0 saturated carbocycles. The lowest BCUT2D eigenvalue weighted by molar-refractivity contribution is 0.146. The highest BCUT2D eigenvalue weighted by molar-refractivity contribution is 7.99. The number of aromatic nitrogens is 2. The number of alkyl halides is 1. The van der Waals surface area contributed by atoms with Crippen LogP contribution < -0.4 is 4.74 Å². The van der Waals surface area contributed by atoms with Gasteiger partial charge in [0, 0.05) is 43.6 Å². The van der Waals surface area contributed by atoms with Crippen molar-refractivity contribution in [3.8, 4) is 5.75 Å². The fourth-order valence-corrected chi connectivity index (χ4v) is 5.87. The van der Waals surface area contributed by atoms with Crippen LogP contribution in [-0.2, 0) is 16.4 Å². The predicted octanol–water partition coefficient (Wildman–Crippen LogP) is 2.49. The molecule has 1 N–H and O–H groups in total. The van der Waals surface area contributed by atoms with E-state index in [-0.39, 0.29) is 17.4 Å². The Morgan fingerprint density at radius 1 is 1.42 bits per heavy atom. The summed E-state index contributed by atoms with van der Waals surface area (Å²) < 4.78 is 47.1. The number of benzene rings is 1. The van der Waals surface area contributed by atoms with E-state index in [9.17, 15) is 12.8 Å². The Bertz CT molecular complexity index is 873. The molecule has 2 atom stereocenters. The number of sulfonamides is 1. The molecular formula is C17H20FN3O3S2. The van der Waals surface area contributed by atoms with E-state index in [0.29, 0.717) is 31.7 Å². The van der Waals surface area contributed by atoms with Gasteiger partial charge in [-0.3, -0.25) is 0 Å². The van der Waals surface area contributed by atoms with Crippen molar-refractivity contribution in [2.45, 2.75) is 29.1 Å². The highest BCUT2D eigenvalue weighted by atomic mass is 32.2. The predicted molar refractivity (Wildman–Crippen MR) is 96.7 cm³/mol. The van der Waals surface area contributed by atoms with Crippen molar-refractivity contribution in [2.75, 3.05) is 25.4 Å². The first-order valence-corrected chi connectivity index (χ1v) is 11.0. The van der Waals surface area contributed by atoms with Crippen LogP contribution in [0.2, 0.25) is 0 Å². The number of rotatable bonds is 5. The number of aromatic amines is 1. The first-order chi connectivity index (χ1) is 12.5. The molecule has 26 heavy (non-hydrogen) atoms. The largest absolute Gasteiger partial charge is 0.493 e. The first kappa shape index (κ1) is 17.8. The number of fused-ring (bicyclic) bond motifs is 1. The third-order valence-corrected chi connectivity index (χ3v) is 7.80. The van der Waals surface area contributed by atoms with E-state index in [2.05, 4.69) is 9.97 Å². The van der Waals surface area contributed by atoms with Gasteiger partial charge in [-0.25, -0.2) is 17.8 Å². The highest BCUT2D eigenvalue weighted by Gasteiger charge is 2.36. The molecule has 6 nitrogen and oxygen atoms in total. The molecule has 9 heteroatoms. The molecular weight excluding hydrogens is 377 g/mol. The van der Waals surface area contributed by atoms with Crippen LogP contribution in [0.3, 0.4) is 0 Å². The molecule has 1 fully saturated rings. The van der Waals surface area contributed by atoms with Crippen molar-refractivity contribution in [3.05, 3.63) is 36.2 Å². The lowest BCUT2D eigenvalue weighted by atomic mass is 9.98. The van der Waals surface area contributed by atoms with Crippen molar-refractivity contribution >= 4 is 21.8 Å². The monoisotopic (exact) mass is 397 g/mol. The molecule has 0 aliphatic carbocycles. The van der Waals surface area contributed by atoms with Crippen LogP contribution in [0.25, 0.3) is 0 Å². The molecule has 140 valence electrons. The van der Waals surface area contributed by atoms with Crippen molar-refractivity contribution in [3.63, 3.8) is 0 Å². The van der Waals surface area contributed by atoms with Gasteiger partial charge in [0.15, 0.2) is 5.16 Å². The van der Waals surface area contributed by atoms with Gasteiger partial charge in [-0.05, 0) is 30.2 Å². The maximum absolute atomic E-state index is 14.6. The molecule has 0 unspecified atom stereocenters. The maximum Gasteiger partial charge on any atom is 0.243 e. The van der Waals surface area contributed by atoms with Crippen LogP contribution in [0.1, 0.15) is 12.0 Å². The highest BCUT2D eigenvalue weighted by Crippen LogP contribution is 2.32. The van der Waals surface area contributed by atoms with E-state index in [1.165, 1.54) is 16.1 Å². The number of hydrogen-bond donors (Lipinski definition) is 1. The van der Waals surface area contributed by atoms with Crippen molar-refractivity contribution in [1.82, 2.24) is 14.3 Å². The van der Waals surface area contributed by atoms with Gasteiger partial charge in [0.25, 0.3) is 0 Å². The molecule has 1 aromatic heterocycles. The lowest BCUT2D eigenvalue weighted by Gasteiger charge is -2.33. The number of nitrogens with zero attached hydrogens (tertiary/aromatic N) is 2. The summed E-state index contributed by atoms with van der Waals surface area (Å²) in [6.07, 6.45) is 3.41. The zero-order valence-corrected chi connectivity index (χ0v) is 15.7. The van der Waals surface area contributed by atoms with Crippen LogP contribution in [0.5, 0.6) is 5.75 Å². The van der Waals surface area contributed by atoms with Gasteiger partial charge < -0.3 is 9.72 Å². The normalized spacial score (nSPS) is 23.6. The first-order valence-electron chi connectivity index (χ1n) is 8.56. The smallest absolute Gasteiger partial charge is 0.243 e. The quantitative estimate of drug-likeness (QED) is 0.785. The molecule has 2 aliphatic heterocycles. The minimum atomic E-state index is -3.69. The molecule has 2 aromatic rings. The van der Waals surface area contributed by atoms with E-state index in [4.69, 9.17) is 4.74 Å². The number of H-pyrrole nitrogens is 1. The zero-order chi connectivity index (χ0) is 18.1. The summed E-state index contributed by atoms with van der Waals surface area (Å²) in [6, 6.07) is 4.89. The number of halogens is 1. The van der Waals surface area contributed by atoms with Crippen LogP contribution >= 0.6 is 11.8 Å². The summed E-state index contributed by atoms with van der Waals surface area (Å²) in [5.74, 6) is 1.14. The molecule has 4 rings (SSSR count). The van der Waals surface area contributed by atoms with Gasteiger partial charge in [0.05, 0.1) is 11.5 Å². The number of piperidine rings is 1. The van der Waals surface area contributed by atoms with E-state index in [1.807, 2.05) is 0 Å². The van der Waals surface area contributed by atoms with Crippen molar-refractivity contribution in [2.24, 2.45) is 5.92 Å². The fraction of sp³-hybridized carbons (Fsp3) is 0.471. The second kappa shape index (κ2) is 7.21. The summed E-state index contributed by atoms with van der Waals surface area (Å²) >= 11 is 1.47. The summed E-state index contributed by atoms with van der Waals surface area (Å²) in [6.45, 7) is 0.809. The number of nitrogens with one attached hydrogen (secondary N) is 1. The molecule has 1 aromatic carbocycles. The molecule has 2 aliphatic rings. The van der Waals surface area contributed by atoms with E-state index >= 15 is 0 Å². The Kier molecular flexibility index (Phi) is 4.94. The van der Waals surface area contributed by atoms with Gasteiger partial charge in [-0.1, -0.05) is 11.8 Å². The molecule has 1 saturated heterocycles. The number of thioether (sulfide) groups is 1. The van der Waals surface area contributed by atoms with Crippen LogP contribution in [0.15, 0.2) is 40.6 Å². The minimum Gasteiger partial charge on any atom is -0.493 e. The molecule has 0 radical (unpaired) electrons. The Labute approximate surface area is 156 Å². The molecule has 0 amide bonds. The minimum absolute atomic E-state index is 0.0979. The lowest BCUT2D eigenvalue weighted by Crippen LogP contribution is -2.45. The van der Waals surface area contributed by atoms with Crippen LogP contribution in [0.4, 0.5) is 4.39 Å². The van der Waals surface area contributed by atoms with Crippen molar-refractivity contribution in [1.29, 1.82) is 0 Å². The average Bonchev–Trinajstić information content (AvgIpc) is 3.31. The number of imidazole rings is 1. The Morgan fingerprint density at radius 3 is 3.08 bits per heavy atom. The van der Waals surface area contributed by atoms with Gasteiger partial charge >= 0.3 is 0 Å². The van der Waals surface area contributed by atoms with Crippen molar-refractivity contribution < 1.29 is 17.5 Å². The van der Waals surface area contributed by atoms with Crippen LogP contribution in [-0.4, -0.2) is 54.3 Å². The van der Waals surface area contributed by atoms with E-state index in [0.717, 1.165) is 16.5 Å². The second-order valence-electron chi connectivity index (χ2n) is 6.50. The third-order valence-electron chi connectivity index (χ3n) is 4.84. The summed E-state index contributed by atoms with van der Waals surface area (Å²) in [5.41, 5.74) is 0.896. The number of ether oxygens (including phenoxy) is 1. The van der Waals surface area contributed by atoms with Gasteiger partial charge in [-0.15, -0.1) is 0 Å². The van der Waals surface area contributed by atoms with Crippen LogP contribution in [0, 0.1) is 5.92 Å². The van der Waals surface area contributed by atoms with Gasteiger partial charge in [0.2, 0.25) is 10.0 Å². The summed E-state index contributed by atoms with van der Waals surface area (Å²) in [5, 5.41) is 0.757.